The summed E-state index contributed by atoms with van der Waals surface area (Å²) in [5, 5.41) is 14.5. The van der Waals surface area contributed by atoms with Crippen LogP contribution in [-0.2, 0) is 4.79 Å². The van der Waals surface area contributed by atoms with Crippen LogP contribution in [0.1, 0.15) is 25.7 Å². The molecule has 0 aromatic heterocycles. The number of nitrogens with one attached hydrogen (secondary N) is 2. The van der Waals surface area contributed by atoms with Crippen molar-refractivity contribution in [2.45, 2.75) is 31.7 Å². The molecule has 18 heavy (non-hydrogen) atoms. The van der Waals surface area contributed by atoms with Gasteiger partial charge in [-0.3, -0.25) is 9.69 Å². The van der Waals surface area contributed by atoms with Crippen LogP contribution in [0.5, 0.6) is 0 Å². The third kappa shape index (κ3) is 4.28. The summed E-state index contributed by atoms with van der Waals surface area (Å²) < 4.78 is 0. The average Bonchev–Trinajstić information content (AvgIpc) is 3.21. The van der Waals surface area contributed by atoms with E-state index < -0.39 is 0 Å². The van der Waals surface area contributed by atoms with Crippen molar-refractivity contribution in [2.75, 3.05) is 32.7 Å². The summed E-state index contributed by atoms with van der Waals surface area (Å²) in [4.78, 5) is 14.0. The van der Waals surface area contributed by atoms with Crippen LogP contribution in [0.15, 0.2) is 0 Å². The molecule has 1 aliphatic heterocycles. The molecule has 0 radical (unpaired) electrons. The van der Waals surface area contributed by atoms with Crippen molar-refractivity contribution < 1.29 is 4.79 Å². The third-order valence-corrected chi connectivity index (χ3v) is 3.67. The fourth-order valence-electron chi connectivity index (χ4n) is 2.57. The molecule has 1 atom stereocenters. The van der Waals surface area contributed by atoms with E-state index in [2.05, 4.69) is 15.5 Å². The Hall–Kier alpha value is -1.12. The van der Waals surface area contributed by atoms with Crippen molar-refractivity contribution >= 4 is 5.91 Å². The molecule has 0 bridgehead atoms. The highest BCUT2D eigenvalue weighted by atomic mass is 16.2. The van der Waals surface area contributed by atoms with Gasteiger partial charge in [-0.1, -0.05) is 0 Å². The Morgan fingerprint density at radius 1 is 1.44 bits per heavy atom. The fourth-order valence-corrected chi connectivity index (χ4v) is 2.57. The van der Waals surface area contributed by atoms with Crippen LogP contribution in [0.4, 0.5) is 0 Å². The van der Waals surface area contributed by atoms with Gasteiger partial charge in [0.15, 0.2) is 0 Å². The van der Waals surface area contributed by atoms with Crippen molar-refractivity contribution in [2.24, 2.45) is 5.92 Å². The molecule has 1 heterocycles. The molecule has 1 amide bonds. The Labute approximate surface area is 109 Å². The number of carbonyl (C=O) groups is 1. The lowest BCUT2D eigenvalue weighted by atomic mass is 9.99. The van der Waals surface area contributed by atoms with Gasteiger partial charge in [0.1, 0.15) is 6.54 Å². The van der Waals surface area contributed by atoms with Crippen LogP contribution in [0, 0.1) is 17.2 Å². The van der Waals surface area contributed by atoms with Gasteiger partial charge in [-0.15, -0.1) is 0 Å². The lowest BCUT2D eigenvalue weighted by Crippen LogP contribution is -2.44. The number of amides is 1. The molecule has 1 saturated heterocycles. The minimum absolute atomic E-state index is 0.0211. The first-order valence-corrected chi connectivity index (χ1v) is 6.88. The monoisotopic (exact) mass is 250 g/mol. The number of hydrogen-bond acceptors (Lipinski definition) is 4. The lowest BCUT2D eigenvalue weighted by Gasteiger charge is -2.29. The van der Waals surface area contributed by atoms with Gasteiger partial charge in [0.05, 0.1) is 12.6 Å². The molecular formula is C13H22N4O. The van der Waals surface area contributed by atoms with Gasteiger partial charge < -0.3 is 10.6 Å². The van der Waals surface area contributed by atoms with E-state index in [-0.39, 0.29) is 12.5 Å². The molecule has 1 unspecified atom stereocenters. The van der Waals surface area contributed by atoms with Crippen LogP contribution < -0.4 is 10.6 Å². The standard InChI is InChI=1S/C13H22N4O/c14-5-7-16-13(18)10-17(12-3-4-12)9-11-2-1-6-15-8-11/h11-12,15H,1-4,6-10H2,(H,16,18). The number of piperidine rings is 1. The maximum Gasteiger partial charge on any atom is 0.235 e. The number of carbonyl (C=O) groups excluding carboxylic acids is 1. The van der Waals surface area contributed by atoms with Gasteiger partial charge in [0.2, 0.25) is 5.91 Å². The summed E-state index contributed by atoms with van der Waals surface area (Å²) in [6.07, 6.45) is 4.93. The number of nitriles is 1. The van der Waals surface area contributed by atoms with E-state index in [9.17, 15) is 4.79 Å². The maximum atomic E-state index is 11.7. The molecule has 5 heteroatoms. The van der Waals surface area contributed by atoms with Gasteiger partial charge in [-0.05, 0) is 44.7 Å². The van der Waals surface area contributed by atoms with Crippen LogP contribution >= 0.6 is 0 Å². The van der Waals surface area contributed by atoms with Crippen LogP contribution in [0.2, 0.25) is 0 Å². The van der Waals surface area contributed by atoms with E-state index in [0.717, 1.165) is 19.6 Å². The predicted molar refractivity (Wildman–Crippen MR) is 68.8 cm³/mol. The Morgan fingerprint density at radius 3 is 2.89 bits per heavy atom. The van der Waals surface area contributed by atoms with E-state index in [4.69, 9.17) is 5.26 Å². The highest BCUT2D eigenvalue weighted by Crippen LogP contribution is 2.28. The topological polar surface area (TPSA) is 68.2 Å². The molecule has 2 aliphatic rings. The summed E-state index contributed by atoms with van der Waals surface area (Å²) in [7, 11) is 0. The first-order chi connectivity index (χ1) is 8.79. The summed E-state index contributed by atoms with van der Waals surface area (Å²) >= 11 is 0. The summed E-state index contributed by atoms with van der Waals surface area (Å²) in [6, 6.07) is 2.53. The van der Waals surface area contributed by atoms with E-state index in [1.807, 2.05) is 6.07 Å². The van der Waals surface area contributed by atoms with Crippen molar-refractivity contribution in [3.8, 4) is 6.07 Å². The Balaban J connectivity index is 1.76. The molecule has 1 saturated carbocycles. The Morgan fingerprint density at radius 2 is 2.28 bits per heavy atom. The van der Waals surface area contributed by atoms with E-state index in [1.165, 1.54) is 25.7 Å². The molecule has 1 aliphatic carbocycles. The van der Waals surface area contributed by atoms with Gasteiger partial charge in [-0.2, -0.15) is 5.26 Å². The first kappa shape index (κ1) is 13.3. The zero-order valence-electron chi connectivity index (χ0n) is 10.8. The molecule has 100 valence electrons. The van der Waals surface area contributed by atoms with Crippen molar-refractivity contribution in [3.63, 3.8) is 0 Å². The largest absolute Gasteiger partial charge is 0.342 e. The van der Waals surface area contributed by atoms with E-state index in [0.29, 0.717) is 18.5 Å². The lowest BCUT2D eigenvalue weighted by molar-refractivity contribution is -0.122. The van der Waals surface area contributed by atoms with Crippen molar-refractivity contribution in [1.82, 2.24) is 15.5 Å². The Kier molecular flexibility index (Phi) is 4.97. The van der Waals surface area contributed by atoms with Crippen molar-refractivity contribution in [3.05, 3.63) is 0 Å². The van der Waals surface area contributed by atoms with Gasteiger partial charge in [-0.25, -0.2) is 0 Å². The molecule has 5 nitrogen and oxygen atoms in total. The molecule has 2 fully saturated rings. The van der Waals surface area contributed by atoms with Crippen LogP contribution in [0.25, 0.3) is 0 Å². The quantitative estimate of drug-likeness (QED) is 0.656. The number of rotatable bonds is 6. The molecular weight excluding hydrogens is 228 g/mol. The first-order valence-electron chi connectivity index (χ1n) is 6.88. The average molecular weight is 250 g/mol. The predicted octanol–water partition coefficient (Wildman–Crippen LogP) is 0.0902. The number of hydrogen-bond donors (Lipinski definition) is 2. The van der Waals surface area contributed by atoms with Crippen LogP contribution in [0.3, 0.4) is 0 Å². The minimum atomic E-state index is -0.0211. The third-order valence-electron chi connectivity index (χ3n) is 3.67. The molecule has 0 aromatic carbocycles. The zero-order chi connectivity index (χ0) is 12.8. The Bertz CT molecular complexity index is 315. The van der Waals surface area contributed by atoms with Crippen molar-refractivity contribution in [1.29, 1.82) is 5.26 Å². The van der Waals surface area contributed by atoms with Gasteiger partial charge >= 0.3 is 0 Å². The summed E-state index contributed by atoms with van der Waals surface area (Å²) in [6.45, 7) is 3.77. The molecule has 2 N–H and O–H groups in total. The minimum Gasteiger partial charge on any atom is -0.342 e. The normalized spacial score (nSPS) is 23.7. The van der Waals surface area contributed by atoms with Crippen LogP contribution in [-0.4, -0.2) is 49.6 Å². The highest BCUT2D eigenvalue weighted by molar-refractivity contribution is 5.78. The second-order valence-corrected chi connectivity index (χ2v) is 5.31. The van der Waals surface area contributed by atoms with E-state index in [1.54, 1.807) is 0 Å². The van der Waals surface area contributed by atoms with E-state index >= 15 is 0 Å². The number of nitrogens with zero attached hydrogens (tertiary/aromatic N) is 2. The molecule has 2 rings (SSSR count). The highest BCUT2D eigenvalue weighted by Gasteiger charge is 2.31. The van der Waals surface area contributed by atoms with Gasteiger partial charge in [0, 0.05) is 12.6 Å². The fraction of sp³-hybridized carbons (Fsp3) is 0.846. The maximum absolute atomic E-state index is 11.7. The summed E-state index contributed by atoms with van der Waals surface area (Å²) in [5.74, 6) is 0.648. The molecule has 0 aromatic rings. The second kappa shape index (κ2) is 6.72. The van der Waals surface area contributed by atoms with Gasteiger partial charge in [0.25, 0.3) is 0 Å². The second-order valence-electron chi connectivity index (χ2n) is 5.31. The molecule has 0 spiro atoms. The smallest absolute Gasteiger partial charge is 0.235 e. The SMILES string of the molecule is N#CCNC(=O)CN(CC1CCCNC1)C1CC1. The zero-order valence-corrected chi connectivity index (χ0v) is 10.8. The summed E-state index contributed by atoms with van der Waals surface area (Å²) in [5.41, 5.74) is 0.